The van der Waals surface area contributed by atoms with Crippen LogP contribution in [0.2, 0.25) is 0 Å². The molecule has 8 nitrogen and oxygen atoms in total. The van der Waals surface area contributed by atoms with Gasteiger partial charge in [-0.1, -0.05) is 5.16 Å². The molecule has 0 saturated carbocycles. The van der Waals surface area contributed by atoms with Gasteiger partial charge in [-0.15, -0.1) is 10.2 Å². The van der Waals surface area contributed by atoms with Crippen molar-refractivity contribution >= 4 is 11.7 Å². The van der Waals surface area contributed by atoms with Crippen LogP contribution in [0.1, 0.15) is 22.7 Å². The zero-order chi connectivity index (χ0) is 16.4. The van der Waals surface area contributed by atoms with Crippen molar-refractivity contribution in [3.05, 3.63) is 29.7 Å². The first kappa shape index (κ1) is 15.3. The Bertz CT molecular complexity index is 683. The first-order valence-electron chi connectivity index (χ1n) is 7.43. The minimum absolute atomic E-state index is 0.0912. The molecule has 0 bridgehead atoms. The Balaban J connectivity index is 1.58. The van der Waals surface area contributed by atoms with Gasteiger partial charge in [0, 0.05) is 39.2 Å². The Morgan fingerprint density at radius 3 is 2.83 bits per heavy atom. The molecule has 0 spiro atoms. The third kappa shape index (κ3) is 3.41. The summed E-state index contributed by atoms with van der Waals surface area (Å²) in [5.74, 6) is 1.72. The Hall–Kier alpha value is -2.64. The van der Waals surface area contributed by atoms with Gasteiger partial charge >= 0.3 is 0 Å². The minimum atomic E-state index is -0.137. The Morgan fingerprint density at radius 2 is 2.22 bits per heavy atom. The van der Waals surface area contributed by atoms with Crippen molar-refractivity contribution in [2.75, 3.05) is 32.1 Å². The van der Waals surface area contributed by atoms with E-state index < -0.39 is 0 Å². The molecule has 23 heavy (non-hydrogen) atoms. The number of anilines is 1. The van der Waals surface area contributed by atoms with Gasteiger partial charge in [-0.05, 0) is 13.0 Å². The smallest absolute Gasteiger partial charge is 0.276 e. The summed E-state index contributed by atoms with van der Waals surface area (Å²) in [6, 6.07) is 5.27. The van der Waals surface area contributed by atoms with Gasteiger partial charge in [0.1, 0.15) is 11.9 Å². The van der Waals surface area contributed by atoms with Crippen LogP contribution < -0.4 is 9.64 Å². The normalized spacial score (nSPS) is 17.3. The maximum absolute atomic E-state index is 12.3. The number of ether oxygens (including phenoxy) is 1. The standard InChI is InChI=1S/C15H19N5O3/c1-10-8-12(18-23-10)15(21)20-7-6-11(9-20)22-14-5-4-13(16-17-14)19(2)3/h4-5,8,11H,6-7,9H2,1-3H3/t11-/m1/s1. The number of likely N-dealkylation sites (tertiary alicyclic amines) is 1. The SMILES string of the molecule is Cc1cc(C(=O)N2CC[C@@H](Oc3ccc(N(C)C)nn3)C2)no1. The van der Waals surface area contributed by atoms with Crippen LogP contribution in [0.3, 0.4) is 0 Å². The van der Waals surface area contributed by atoms with Crippen LogP contribution in [0.15, 0.2) is 22.7 Å². The van der Waals surface area contributed by atoms with Crippen molar-refractivity contribution in [3.8, 4) is 5.88 Å². The largest absolute Gasteiger partial charge is 0.471 e. The molecule has 3 heterocycles. The third-order valence-electron chi connectivity index (χ3n) is 3.65. The number of aromatic nitrogens is 3. The number of amides is 1. The van der Waals surface area contributed by atoms with Crippen LogP contribution in [0.25, 0.3) is 0 Å². The summed E-state index contributed by atoms with van der Waals surface area (Å²) >= 11 is 0. The van der Waals surface area contributed by atoms with Crippen LogP contribution >= 0.6 is 0 Å². The van der Waals surface area contributed by atoms with E-state index in [4.69, 9.17) is 9.26 Å². The maximum atomic E-state index is 12.3. The molecular weight excluding hydrogens is 298 g/mol. The number of nitrogens with zero attached hydrogens (tertiary/aromatic N) is 5. The number of carbonyl (C=O) groups is 1. The van der Waals surface area contributed by atoms with E-state index in [2.05, 4.69) is 15.4 Å². The van der Waals surface area contributed by atoms with Crippen molar-refractivity contribution in [2.24, 2.45) is 0 Å². The molecule has 0 unspecified atom stereocenters. The van der Waals surface area contributed by atoms with Gasteiger partial charge in [0.05, 0.1) is 6.54 Å². The molecule has 0 radical (unpaired) electrons. The van der Waals surface area contributed by atoms with E-state index in [1.807, 2.05) is 25.1 Å². The summed E-state index contributed by atoms with van der Waals surface area (Å²) in [7, 11) is 3.80. The minimum Gasteiger partial charge on any atom is -0.471 e. The van der Waals surface area contributed by atoms with E-state index >= 15 is 0 Å². The van der Waals surface area contributed by atoms with Crippen LogP contribution in [-0.2, 0) is 0 Å². The van der Waals surface area contributed by atoms with E-state index in [9.17, 15) is 4.79 Å². The van der Waals surface area contributed by atoms with Crippen LogP contribution in [0.4, 0.5) is 5.82 Å². The van der Waals surface area contributed by atoms with Gasteiger partial charge < -0.3 is 19.1 Å². The van der Waals surface area contributed by atoms with E-state index in [1.165, 1.54) is 0 Å². The van der Waals surface area contributed by atoms with Crippen molar-refractivity contribution in [1.29, 1.82) is 0 Å². The Morgan fingerprint density at radius 1 is 1.39 bits per heavy atom. The summed E-state index contributed by atoms with van der Waals surface area (Å²) in [5.41, 5.74) is 0.332. The van der Waals surface area contributed by atoms with Gasteiger partial charge in [-0.3, -0.25) is 4.79 Å². The number of rotatable bonds is 4. The molecule has 1 atom stereocenters. The van der Waals surface area contributed by atoms with E-state index in [1.54, 1.807) is 24.0 Å². The van der Waals surface area contributed by atoms with Gasteiger partial charge in [0.2, 0.25) is 5.88 Å². The molecule has 1 saturated heterocycles. The molecule has 1 aliphatic heterocycles. The van der Waals surface area contributed by atoms with Gasteiger partial charge in [-0.25, -0.2) is 0 Å². The first-order valence-corrected chi connectivity index (χ1v) is 7.43. The van der Waals surface area contributed by atoms with Crippen molar-refractivity contribution in [2.45, 2.75) is 19.4 Å². The summed E-state index contributed by atoms with van der Waals surface area (Å²) in [6.45, 7) is 2.89. The lowest BCUT2D eigenvalue weighted by atomic mass is 10.3. The fourth-order valence-corrected chi connectivity index (χ4v) is 2.42. The first-order chi connectivity index (χ1) is 11.0. The molecular formula is C15H19N5O3. The molecule has 0 aromatic carbocycles. The molecule has 1 fully saturated rings. The zero-order valence-electron chi connectivity index (χ0n) is 13.4. The average Bonchev–Trinajstić information content (AvgIpc) is 3.16. The van der Waals surface area contributed by atoms with Crippen LogP contribution in [0.5, 0.6) is 5.88 Å². The highest BCUT2D eigenvalue weighted by molar-refractivity contribution is 5.92. The zero-order valence-corrected chi connectivity index (χ0v) is 13.4. The fraction of sp³-hybridized carbons (Fsp3) is 0.467. The highest BCUT2D eigenvalue weighted by Gasteiger charge is 2.30. The summed E-state index contributed by atoms with van der Waals surface area (Å²) in [5, 5.41) is 11.9. The van der Waals surface area contributed by atoms with E-state index in [0.29, 0.717) is 30.4 Å². The van der Waals surface area contributed by atoms with Crippen molar-refractivity contribution in [3.63, 3.8) is 0 Å². The maximum Gasteiger partial charge on any atom is 0.276 e. The Kier molecular flexibility index (Phi) is 4.14. The number of aryl methyl sites for hydroxylation is 1. The average molecular weight is 317 g/mol. The van der Waals surface area contributed by atoms with Crippen LogP contribution in [0, 0.1) is 6.92 Å². The topological polar surface area (TPSA) is 84.6 Å². The van der Waals surface area contributed by atoms with Crippen LogP contribution in [-0.4, -0.2) is 59.4 Å². The van der Waals surface area contributed by atoms with E-state index in [0.717, 1.165) is 12.2 Å². The molecule has 1 aliphatic rings. The quantitative estimate of drug-likeness (QED) is 0.835. The van der Waals surface area contributed by atoms with Crippen molar-refractivity contribution in [1.82, 2.24) is 20.3 Å². The molecule has 0 N–H and O–H groups in total. The fourth-order valence-electron chi connectivity index (χ4n) is 2.42. The highest BCUT2D eigenvalue weighted by Crippen LogP contribution is 2.19. The second kappa shape index (κ2) is 6.23. The molecule has 3 rings (SSSR count). The highest BCUT2D eigenvalue weighted by atomic mass is 16.5. The van der Waals surface area contributed by atoms with Gasteiger partial charge in [0.25, 0.3) is 5.91 Å². The number of hydrogen-bond donors (Lipinski definition) is 0. The second-order valence-electron chi connectivity index (χ2n) is 5.73. The molecule has 2 aromatic heterocycles. The lowest BCUT2D eigenvalue weighted by Crippen LogP contribution is -2.31. The lowest BCUT2D eigenvalue weighted by Gasteiger charge is -2.16. The number of hydrogen-bond acceptors (Lipinski definition) is 7. The molecule has 8 heteroatoms. The summed E-state index contributed by atoms with van der Waals surface area (Å²) in [6.07, 6.45) is 0.658. The molecule has 0 aliphatic carbocycles. The second-order valence-corrected chi connectivity index (χ2v) is 5.73. The third-order valence-corrected chi connectivity index (χ3v) is 3.65. The Labute approximate surface area is 134 Å². The molecule has 2 aromatic rings. The monoisotopic (exact) mass is 317 g/mol. The van der Waals surface area contributed by atoms with E-state index in [-0.39, 0.29) is 12.0 Å². The van der Waals surface area contributed by atoms with Gasteiger partial charge in [0.15, 0.2) is 11.5 Å². The predicted octanol–water partition coefficient (Wildman–Crippen LogP) is 1.13. The molecule has 122 valence electrons. The van der Waals surface area contributed by atoms with Gasteiger partial charge in [-0.2, -0.15) is 0 Å². The summed E-state index contributed by atoms with van der Waals surface area (Å²) < 4.78 is 10.7. The lowest BCUT2D eigenvalue weighted by molar-refractivity contribution is 0.0760. The summed E-state index contributed by atoms with van der Waals surface area (Å²) in [4.78, 5) is 15.9. The predicted molar refractivity (Wildman–Crippen MR) is 82.5 cm³/mol. The molecule has 1 amide bonds. The van der Waals surface area contributed by atoms with Crippen molar-refractivity contribution < 1.29 is 14.1 Å². The number of carbonyl (C=O) groups excluding carboxylic acids is 1.